The van der Waals surface area contributed by atoms with Crippen LogP contribution in [0.2, 0.25) is 0 Å². The molecule has 0 saturated carbocycles. The van der Waals surface area contributed by atoms with Gasteiger partial charge in [-0.3, -0.25) is 9.78 Å². The minimum Gasteiger partial charge on any atom is -0.320 e. The molecular weight excluding hydrogens is 418 g/mol. The smallest absolute Gasteiger partial charge is 0.255 e. The number of carbonyl (C=O) groups is 1. The van der Waals surface area contributed by atoms with Crippen molar-refractivity contribution in [2.45, 2.75) is 11.3 Å². The van der Waals surface area contributed by atoms with Crippen LogP contribution in [0.4, 0.5) is 5.69 Å². The predicted molar refractivity (Wildman–Crippen MR) is 119 cm³/mol. The fourth-order valence-corrected chi connectivity index (χ4v) is 4.77. The molecule has 0 aliphatic rings. The maximum absolute atomic E-state index is 12.6. The average molecular weight is 438 g/mol. The van der Waals surface area contributed by atoms with Crippen LogP contribution in [0, 0.1) is 0 Å². The van der Waals surface area contributed by atoms with Crippen molar-refractivity contribution in [1.82, 2.24) is 9.71 Å². The molecule has 0 atom stereocenters. The van der Waals surface area contributed by atoms with Crippen LogP contribution < -0.4 is 10.0 Å². The lowest BCUT2D eigenvalue weighted by Crippen LogP contribution is -2.26. The van der Waals surface area contributed by atoms with Gasteiger partial charge in [0, 0.05) is 28.6 Å². The van der Waals surface area contributed by atoms with E-state index in [1.165, 1.54) is 24.3 Å². The Morgan fingerprint density at radius 1 is 0.967 bits per heavy atom. The van der Waals surface area contributed by atoms with Crippen LogP contribution in [-0.2, 0) is 16.4 Å². The second-order valence-corrected chi connectivity index (χ2v) is 9.39. The molecule has 0 aliphatic heterocycles. The third-order valence-electron chi connectivity index (χ3n) is 4.55. The van der Waals surface area contributed by atoms with E-state index >= 15 is 0 Å². The van der Waals surface area contributed by atoms with E-state index in [4.69, 9.17) is 0 Å². The summed E-state index contributed by atoms with van der Waals surface area (Å²) >= 11 is 1.59. The molecule has 0 aliphatic carbocycles. The summed E-state index contributed by atoms with van der Waals surface area (Å²) in [5, 5.41) is 5.73. The number of para-hydroxylation sites is 1. The lowest BCUT2D eigenvalue weighted by molar-refractivity contribution is 0.102. The van der Waals surface area contributed by atoms with Gasteiger partial charge in [-0.2, -0.15) is 0 Å². The zero-order valence-electron chi connectivity index (χ0n) is 15.9. The van der Waals surface area contributed by atoms with Crippen LogP contribution in [-0.4, -0.2) is 25.9 Å². The van der Waals surface area contributed by atoms with Crippen LogP contribution >= 0.6 is 11.3 Å². The molecule has 0 saturated heterocycles. The van der Waals surface area contributed by atoms with Crippen molar-refractivity contribution in [3.8, 4) is 0 Å². The summed E-state index contributed by atoms with van der Waals surface area (Å²) in [5.74, 6) is -0.331. The Morgan fingerprint density at radius 3 is 2.53 bits per heavy atom. The van der Waals surface area contributed by atoms with Gasteiger partial charge in [-0.1, -0.05) is 24.3 Å². The molecule has 4 aromatic rings. The van der Waals surface area contributed by atoms with Gasteiger partial charge in [0.15, 0.2) is 0 Å². The molecular formula is C22H19N3O3S2. The van der Waals surface area contributed by atoms with Crippen molar-refractivity contribution in [2.75, 3.05) is 11.9 Å². The largest absolute Gasteiger partial charge is 0.320 e. The van der Waals surface area contributed by atoms with Crippen LogP contribution in [0.15, 0.2) is 83.2 Å². The van der Waals surface area contributed by atoms with Gasteiger partial charge < -0.3 is 5.32 Å². The van der Waals surface area contributed by atoms with Crippen molar-refractivity contribution in [2.24, 2.45) is 0 Å². The number of benzene rings is 2. The van der Waals surface area contributed by atoms with E-state index in [0.29, 0.717) is 29.7 Å². The zero-order valence-corrected chi connectivity index (χ0v) is 17.5. The van der Waals surface area contributed by atoms with Gasteiger partial charge >= 0.3 is 0 Å². The minimum atomic E-state index is -3.63. The van der Waals surface area contributed by atoms with E-state index in [2.05, 4.69) is 15.0 Å². The van der Waals surface area contributed by atoms with Crippen molar-refractivity contribution in [3.05, 3.63) is 88.7 Å². The summed E-state index contributed by atoms with van der Waals surface area (Å²) in [7, 11) is -3.63. The highest BCUT2D eigenvalue weighted by molar-refractivity contribution is 7.89. The predicted octanol–water partition coefficient (Wildman–Crippen LogP) is 4.07. The molecule has 152 valence electrons. The number of aromatic nitrogens is 1. The fraction of sp³-hybridized carbons (Fsp3) is 0.0909. The van der Waals surface area contributed by atoms with Crippen LogP contribution in [0.5, 0.6) is 0 Å². The highest BCUT2D eigenvalue weighted by atomic mass is 32.2. The van der Waals surface area contributed by atoms with E-state index < -0.39 is 10.0 Å². The molecule has 2 aromatic heterocycles. The SMILES string of the molecule is O=C(Nc1cccc2cccnc12)c1ccc(S(=O)(=O)NCCc2cccs2)cc1. The Bertz CT molecular complexity index is 1260. The molecule has 30 heavy (non-hydrogen) atoms. The van der Waals surface area contributed by atoms with Gasteiger partial charge in [0.25, 0.3) is 5.91 Å². The summed E-state index contributed by atoms with van der Waals surface area (Å²) in [6.45, 7) is 0.319. The number of sulfonamides is 1. The number of nitrogens with one attached hydrogen (secondary N) is 2. The third-order valence-corrected chi connectivity index (χ3v) is 6.96. The molecule has 6 nitrogen and oxygen atoms in total. The first-order valence-electron chi connectivity index (χ1n) is 9.30. The Morgan fingerprint density at radius 2 is 1.77 bits per heavy atom. The number of rotatable bonds is 7. The summed E-state index contributed by atoms with van der Waals surface area (Å²) in [4.78, 5) is 18.2. The maximum Gasteiger partial charge on any atom is 0.255 e. The van der Waals surface area contributed by atoms with E-state index in [9.17, 15) is 13.2 Å². The Hall–Kier alpha value is -3.07. The molecule has 0 unspecified atom stereocenters. The van der Waals surface area contributed by atoms with Crippen molar-refractivity contribution >= 4 is 43.9 Å². The topological polar surface area (TPSA) is 88.2 Å². The lowest BCUT2D eigenvalue weighted by atomic mass is 10.1. The second kappa shape index (κ2) is 8.74. The Kier molecular flexibility index (Phi) is 5.89. The second-order valence-electron chi connectivity index (χ2n) is 6.59. The monoisotopic (exact) mass is 437 g/mol. The summed E-state index contributed by atoms with van der Waals surface area (Å²) in [6, 6.07) is 19.1. The molecule has 1 amide bonds. The number of thiophene rings is 1. The number of fused-ring (bicyclic) bond motifs is 1. The van der Waals surface area contributed by atoms with Gasteiger partial charge in [-0.15, -0.1) is 11.3 Å². The van der Waals surface area contributed by atoms with Crippen molar-refractivity contribution in [3.63, 3.8) is 0 Å². The lowest BCUT2D eigenvalue weighted by Gasteiger charge is -2.09. The third kappa shape index (κ3) is 4.56. The van der Waals surface area contributed by atoms with Crippen LogP contribution in [0.1, 0.15) is 15.2 Å². The first-order chi connectivity index (χ1) is 14.5. The Balaban J connectivity index is 1.44. The molecule has 0 bridgehead atoms. The molecule has 8 heteroatoms. The number of amides is 1. The normalized spacial score (nSPS) is 11.5. The van der Waals surface area contributed by atoms with Gasteiger partial charge in [0.1, 0.15) is 0 Å². The fourth-order valence-electron chi connectivity index (χ4n) is 3.03. The molecule has 2 N–H and O–H groups in total. The van der Waals surface area contributed by atoms with E-state index in [-0.39, 0.29) is 10.8 Å². The highest BCUT2D eigenvalue weighted by Gasteiger charge is 2.15. The number of hydrogen-bond acceptors (Lipinski definition) is 5. The summed E-state index contributed by atoms with van der Waals surface area (Å²) < 4.78 is 27.5. The quantitative estimate of drug-likeness (QED) is 0.456. The number of nitrogens with zero attached hydrogens (tertiary/aromatic N) is 1. The van der Waals surface area contributed by atoms with Crippen LogP contribution in [0.25, 0.3) is 10.9 Å². The highest BCUT2D eigenvalue weighted by Crippen LogP contribution is 2.21. The number of hydrogen-bond donors (Lipinski definition) is 2. The van der Waals surface area contributed by atoms with Gasteiger partial charge in [0.05, 0.1) is 16.1 Å². The van der Waals surface area contributed by atoms with E-state index in [1.54, 1.807) is 23.6 Å². The summed E-state index contributed by atoms with van der Waals surface area (Å²) in [6.07, 6.45) is 2.31. The minimum absolute atomic E-state index is 0.122. The molecule has 2 heterocycles. The van der Waals surface area contributed by atoms with Crippen molar-refractivity contribution in [1.29, 1.82) is 0 Å². The molecule has 0 radical (unpaired) electrons. The Labute approximate surface area is 178 Å². The van der Waals surface area contributed by atoms with E-state index in [1.807, 2.05) is 41.8 Å². The molecule has 0 fully saturated rings. The average Bonchev–Trinajstić information content (AvgIpc) is 3.27. The number of anilines is 1. The molecule has 0 spiro atoms. The van der Waals surface area contributed by atoms with Gasteiger partial charge in [-0.05, 0) is 54.3 Å². The zero-order chi connectivity index (χ0) is 21.0. The number of carbonyl (C=O) groups excluding carboxylic acids is 1. The van der Waals surface area contributed by atoms with Crippen molar-refractivity contribution < 1.29 is 13.2 Å². The maximum atomic E-state index is 12.6. The first-order valence-corrected chi connectivity index (χ1v) is 11.7. The molecule has 4 rings (SSSR count). The van der Waals surface area contributed by atoms with Gasteiger partial charge in [0.2, 0.25) is 10.0 Å². The van der Waals surface area contributed by atoms with Crippen LogP contribution in [0.3, 0.4) is 0 Å². The number of pyridine rings is 1. The summed E-state index contributed by atoms with van der Waals surface area (Å²) in [5.41, 5.74) is 1.66. The van der Waals surface area contributed by atoms with E-state index in [0.717, 1.165) is 10.3 Å². The standard InChI is InChI=1S/C22H19N3O3S2/c26-22(25-20-7-1-4-16-5-2-13-23-21(16)20)17-8-10-19(11-9-17)30(27,28)24-14-12-18-6-3-15-29-18/h1-11,13,15,24H,12,14H2,(H,25,26). The van der Waals surface area contributed by atoms with Gasteiger partial charge in [-0.25, -0.2) is 13.1 Å². The first kappa shape index (κ1) is 20.2. The molecule has 2 aromatic carbocycles.